The molecule has 162 valence electrons. The Kier molecular flexibility index (Phi) is 6.17. The van der Waals surface area contributed by atoms with E-state index in [2.05, 4.69) is 10.6 Å². The van der Waals surface area contributed by atoms with Crippen LogP contribution in [-0.2, 0) is 19.1 Å². The molecule has 3 rings (SSSR count). The monoisotopic (exact) mass is 415 g/mol. The van der Waals surface area contributed by atoms with Crippen molar-refractivity contribution in [1.29, 1.82) is 0 Å². The molecule has 2 aliphatic rings. The van der Waals surface area contributed by atoms with Crippen molar-refractivity contribution in [3.8, 4) is 0 Å². The van der Waals surface area contributed by atoms with E-state index < -0.39 is 17.2 Å². The average Bonchev–Trinajstić information content (AvgIpc) is 3.11. The third kappa shape index (κ3) is 4.99. The fourth-order valence-electron chi connectivity index (χ4n) is 3.56. The van der Waals surface area contributed by atoms with Gasteiger partial charge in [-0.25, -0.2) is 4.79 Å². The molecule has 8 heteroatoms. The minimum absolute atomic E-state index is 0.0732. The minimum Gasteiger partial charge on any atom is -0.444 e. The molecule has 0 aromatic heterocycles. The lowest BCUT2D eigenvalue weighted by Crippen LogP contribution is -2.56. The molecule has 0 spiro atoms. The Morgan fingerprint density at radius 3 is 2.50 bits per heavy atom. The van der Waals surface area contributed by atoms with Gasteiger partial charge in [-0.3, -0.25) is 9.59 Å². The number of anilines is 2. The fraction of sp³-hybridized carbons (Fsp3) is 0.500. The van der Waals surface area contributed by atoms with Gasteiger partial charge in [-0.05, 0) is 64.3 Å². The van der Waals surface area contributed by atoms with E-state index in [1.807, 2.05) is 31.2 Å². The van der Waals surface area contributed by atoms with Gasteiger partial charge in [0.05, 0.1) is 6.61 Å². The maximum absolute atomic E-state index is 13.1. The Balaban J connectivity index is 1.72. The highest BCUT2D eigenvalue weighted by molar-refractivity contribution is 6.01. The van der Waals surface area contributed by atoms with E-state index >= 15 is 0 Å². The van der Waals surface area contributed by atoms with Crippen molar-refractivity contribution in [3.05, 3.63) is 35.9 Å². The molecule has 1 aliphatic heterocycles. The maximum Gasteiger partial charge on any atom is 0.408 e. The number of rotatable bonds is 4. The van der Waals surface area contributed by atoms with Gasteiger partial charge in [-0.1, -0.05) is 12.2 Å². The number of hydrogen-bond acceptors (Lipinski definition) is 5. The second kappa shape index (κ2) is 8.47. The first-order valence-electron chi connectivity index (χ1n) is 10.1. The van der Waals surface area contributed by atoms with Crippen molar-refractivity contribution in [3.63, 3.8) is 0 Å². The van der Waals surface area contributed by atoms with Crippen molar-refractivity contribution in [1.82, 2.24) is 5.32 Å². The number of carbonyl (C=O) groups excluding carboxylic acids is 3. The molecule has 0 unspecified atom stereocenters. The highest BCUT2D eigenvalue weighted by Gasteiger charge is 2.41. The SMILES string of the molecule is Cc1cc(NC(=O)C2(NC(=O)OC(C)(C)C)CC=CC2)ccc1N1CCOCC1=O. The highest BCUT2D eigenvalue weighted by Crippen LogP contribution is 2.29. The van der Waals surface area contributed by atoms with E-state index in [1.54, 1.807) is 31.7 Å². The van der Waals surface area contributed by atoms with E-state index in [-0.39, 0.29) is 18.4 Å². The van der Waals surface area contributed by atoms with Crippen LogP contribution in [-0.4, -0.2) is 48.8 Å². The fourth-order valence-corrected chi connectivity index (χ4v) is 3.56. The Morgan fingerprint density at radius 1 is 1.20 bits per heavy atom. The summed E-state index contributed by atoms with van der Waals surface area (Å²) in [6.45, 7) is 8.28. The van der Waals surface area contributed by atoms with Crippen molar-refractivity contribution >= 4 is 29.3 Å². The van der Waals surface area contributed by atoms with Crippen LogP contribution in [0, 0.1) is 6.92 Å². The first kappa shape index (κ1) is 21.8. The van der Waals surface area contributed by atoms with Gasteiger partial charge >= 0.3 is 6.09 Å². The summed E-state index contributed by atoms with van der Waals surface area (Å²) in [5, 5.41) is 5.65. The molecule has 1 saturated heterocycles. The molecule has 8 nitrogen and oxygen atoms in total. The number of nitrogens with zero attached hydrogens (tertiary/aromatic N) is 1. The molecule has 2 N–H and O–H groups in total. The summed E-state index contributed by atoms with van der Waals surface area (Å²) >= 11 is 0. The Morgan fingerprint density at radius 2 is 1.90 bits per heavy atom. The van der Waals surface area contributed by atoms with Gasteiger partial charge in [-0.15, -0.1) is 0 Å². The molecule has 1 aliphatic carbocycles. The summed E-state index contributed by atoms with van der Waals surface area (Å²) in [6.07, 6.45) is 3.89. The number of carbonyl (C=O) groups is 3. The number of morpholine rings is 1. The lowest BCUT2D eigenvalue weighted by molar-refractivity contribution is -0.125. The summed E-state index contributed by atoms with van der Waals surface area (Å²) in [5.74, 6) is -0.397. The first-order valence-corrected chi connectivity index (χ1v) is 10.1. The zero-order valence-electron chi connectivity index (χ0n) is 17.9. The third-order valence-corrected chi connectivity index (χ3v) is 5.01. The van der Waals surface area contributed by atoms with E-state index in [4.69, 9.17) is 9.47 Å². The summed E-state index contributed by atoms with van der Waals surface area (Å²) in [6, 6.07) is 5.39. The molecule has 30 heavy (non-hydrogen) atoms. The molecule has 3 amide bonds. The second-order valence-corrected chi connectivity index (χ2v) is 8.64. The van der Waals surface area contributed by atoms with Gasteiger partial charge in [0.2, 0.25) is 0 Å². The van der Waals surface area contributed by atoms with Crippen molar-refractivity contribution in [2.45, 2.75) is 51.7 Å². The van der Waals surface area contributed by atoms with Crippen LogP contribution in [0.2, 0.25) is 0 Å². The predicted molar refractivity (Wildman–Crippen MR) is 113 cm³/mol. The Bertz CT molecular complexity index is 864. The van der Waals surface area contributed by atoms with Crippen LogP contribution in [0.3, 0.4) is 0 Å². The van der Waals surface area contributed by atoms with Crippen LogP contribution >= 0.6 is 0 Å². The number of benzene rings is 1. The zero-order chi connectivity index (χ0) is 21.9. The van der Waals surface area contributed by atoms with Gasteiger partial charge in [0.25, 0.3) is 11.8 Å². The van der Waals surface area contributed by atoms with Crippen molar-refractivity contribution < 1.29 is 23.9 Å². The van der Waals surface area contributed by atoms with Crippen LogP contribution in [0.15, 0.2) is 30.4 Å². The number of alkyl carbamates (subject to hydrolysis) is 1. The molecule has 0 radical (unpaired) electrons. The molecule has 0 saturated carbocycles. The van der Waals surface area contributed by atoms with Crippen LogP contribution in [0.1, 0.15) is 39.2 Å². The normalized spacial score (nSPS) is 18.3. The van der Waals surface area contributed by atoms with Gasteiger partial charge in [-0.2, -0.15) is 0 Å². The molecule has 1 heterocycles. The third-order valence-electron chi connectivity index (χ3n) is 5.01. The lowest BCUT2D eigenvalue weighted by Gasteiger charge is -2.31. The van der Waals surface area contributed by atoms with Crippen molar-refractivity contribution in [2.24, 2.45) is 0 Å². The molecule has 1 aromatic rings. The van der Waals surface area contributed by atoms with Gasteiger partial charge in [0.15, 0.2) is 0 Å². The summed E-state index contributed by atoms with van der Waals surface area (Å²) in [4.78, 5) is 39.2. The number of amides is 3. The standard InChI is InChI=1S/C22H29N3O5/c1-15-13-16(7-8-17(15)25-11-12-29-14-18(25)26)23-19(27)22(9-5-6-10-22)24-20(28)30-21(2,3)4/h5-8,13H,9-12,14H2,1-4H3,(H,23,27)(H,24,28). The van der Waals surface area contributed by atoms with Gasteiger partial charge < -0.3 is 25.0 Å². The predicted octanol–water partition coefficient (Wildman–Crippen LogP) is 2.91. The summed E-state index contributed by atoms with van der Waals surface area (Å²) < 4.78 is 10.5. The smallest absolute Gasteiger partial charge is 0.408 e. The zero-order valence-corrected chi connectivity index (χ0v) is 17.9. The highest BCUT2D eigenvalue weighted by atomic mass is 16.6. The number of aryl methyl sites for hydroxylation is 1. The molecule has 1 aromatic carbocycles. The maximum atomic E-state index is 13.1. The first-order chi connectivity index (χ1) is 14.1. The average molecular weight is 415 g/mol. The van der Waals surface area contributed by atoms with E-state index in [0.29, 0.717) is 31.7 Å². The lowest BCUT2D eigenvalue weighted by atomic mass is 9.95. The largest absolute Gasteiger partial charge is 0.444 e. The molecular weight excluding hydrogens is 386 g/mol. The van der Waals surface area contributed by atoms with Crippen LogP contribution in [0.4, 0.5) is 16.2 Å². The minimum atomic E-state index is -1.09. The van der Waals surface area contributed by atoms with E-state index in [1.165, 1.54) is 0 Å². The number of hydrogen-bond donors (Lipinski definition) is 2. The molecule has 0 atom stereocenters. The topological polar surface area (TPSA) is 97.0 Å². The second-order valence-electron chi connectivity index (χ2n) is 8.64. The van der Waals surface area contributed by atoms with Crippen molar-refractivity contribution in [2.75, 3.05) is 30.0 Å². The van der Waals surface area contributed by atoms with Gasteiger partial charge in [0.1, 0.15) is 17.7 Å². The number of ether oxygens (including phenoxy) is 2. The quantitative estimate of drug-likeness (QED) is 0.737. The Hall–Kier alpha value is -2.87. The van der Waals surface area contributed by atoms with Crippen LogP contribution in [0.5, 0.6) is 0 Å². The van der Waals surface area contributed by atoms with E-state index in [0.717, 1.165) is 11.3 Å². The molecule has 1 fully saturated rings. The molecular formula is C22H29N3O5. The Labute approximate surface area is 176 Å². The summed E-state index contributed by atoms with van der Waals surface area (Å²) in [5.41, 5.74) is 0.513. The summed E-state index contributed by atoms with van der Waals surface area (Å²) in [7, 11) is 0. The van der Waals surface area contributed by atoms with Crippen LogP contribution in [0.25, 0.3) is 0 Å². The molecule has 0 bridgehead atoms. The number of nitrogens with one attached hydrogen (secondary N) is 2. The van der Waals surface area contributed by atoms with Gasteiger partial charge in [0, 0.05) is 17.9 Å². The van der Waals surface area contributed by atoms with E-state index in [9.17, 15) is 14.4 Å². The van der Waals surface area contributed by atoms with Crippen LogP contribution < -0.4 is 15.5 Å².